The molecule has 3 aromatic rings. The van der Waals surface area contributed by atoms with Crippen molar-refractivity contribution < 1.29 is 4.79 Å². The van der Waals surface area contributed by atoms with Crippen molar-refractivity contribution in [3.05, 3.63) is 48.0 Å². The molecule has 0 bridgehead atoms. The fourth-order valence-corrected chi connectivity index (χ4v) is 4.05. The molecule has 7 heteroatoms. The minimum absolute atomic E-state index is 0.00205. The van der Waals surface area contributed by atoms with Crippen LogP contribution in [0.15, 0.2) is 43.1 Å². The predicted molar refractivity (Wildman–Crippen MR) is 88.3 cm³/mol. The Labute approximate surface area is 137 Å². The number of thiophene rings is 1. The van der Waals surface area contributed by atoms with Gasteiger partial charge in [0.15, 0.2) is 0 Å². The molecule has 118 valence electrons. The smallest absolute Gasteiger partial charge is 0.261 e. The number of H-pyrrole nitrogens is 1. The van der Waals surface area contributed by atoms with Gasteiger partial charge in [0.25, 0.3) is 5.91 Å². The van der Waals surface area contributed by atoms with Crippen molar-refractivity contribution in [1.29, 1.82) is 0 Å². The van der Waals surface area contributed by atoms with Crippen LogP contribution in [0.5, 0.6) is 0 Å². The molecule has 0 aromatic carbocycles. The summed E-state index contributed by atoms with van der Waals surface area (Å²) < 4.78 is 2.10. The second-order valence-corrected chi connectivity index (χ2v) is 6.81. The zero-order valence-electron chi connectivity index (χ0n) is 12.5. The number of imidazole rings is 1. The molecule has 3 heterocycles. The van der Waals surface area contributed by atoms with E-state index in [1.807, 2.05) is 30.7 Å². The van der Waals surface area contributed by atoms with Crippen molar-refractivity contribution >= 4 is 17.2 Å². The summed E-state index contributed by atoms with van der Waals surface area (Å²) in [6.07, 6.45) is 10.5. The molecule has 2 N–H and O–H groups in total. The number of hydrogen-bond acceptors (Lipinski definition) is 4. The maximum atomic E-state index is 12.5. The monoisotopic (exact) mass is 327 g/mol. The Kier molecular flexibility index (Phi) is 3.70. The van der Waals surface area contributed by atoms with E-state index in [2.05, 4.69) is 25.1 Å². The summed E-state index contributed by atoms with van der Waals surface area (Å²) in [5.41, 5.74) is 0.936. The number of aromatic amines is 1. The lowest BCUT2D eigenvalue weighted by atomic mass is 10.1. The predicted octanol–water partition coefficient (Wildman–Crippen LogP) is 2.86. The molecule has 1 amide bonds. The van der Waals surface area contributed by atoms with E-state index >= 15 is 0 Å². The number of carbonyl (C=O) groups excluding carboxylic acids is 1. The molecule has 0 unspecified atom stereocenters. The Morgan fingerprint density at radius 3 is 3.04 bits per heavy atom. The molecule has 1 aliphatic carbocycles. The van der Waals surface area contributed by atoms with Gasteiger partial charge in [0.05, 0.1) is 27.8 Å². The van der Waals surface area contributed by atoms with Crippen LogP contribution in [0.4, 0.5) is 0 Å². The second kappa shape index (κ2) is 6.00. The molecule has 6 nitrogen and oxygen atoms in total. The first-order valence-corrected chi connectivity index (χ1v) is 8.51. The highest BCUT2D eigenvalue weighted by Gasteiger charge is 2.30. The fourth-order valence-electron chi connectivity index (χ4n) is 3.17. The fraction of sp³-hybridized carbons (Fsp3) is 0.312. The van der Waals surface area contributed by atoms with E-state index in [0.717, 1.165) is 34.7 Å². The van der Waals surface area contributed by atoms with Gasteiger partial charge in [0.2, 0.25) is 0 Å². The molecule has 3 aromatic heterocycles. The Morgan fingerprint density at radius 1 is 1.30 bits per heavy atom. The zero-order valence-corrected chi connectivity index (χ0v) is 13.3. The molecule has 1 saturated carbocycles. The van der Waals surface area contributed by atoms with E-state index in [-0.39, 0.29) is 11.9 Å². The van der Waals surface area contributed by atoms with Gasteiger partial charge in [-0.3, -0.25) is 9.89 Å². The molecule has 4 rings (SSSR count). The van der Waals surface area contributed by atoms with Crippen molar-refractivity contribution in [2.75, 3.05) is 0 Å². The lowest BCUT2D eigenvalue weighted by molar-refractivity contribution is 0.0933. The molecule has 1 fully saturated rings. The first kappa shape index (κ1) is 14.2. The Morgan fingerprint density at radius 2 is 2.26 bits per heavy atom. The number of carbonyl (C=O) groups is 1. The number of hydrogen-bond donors (Lipinski definition) is 2. The summed E-state index contributed by atoms with van der Waals surface area (Å²) in [6, 6.07) is 6.19. The van der Waals surface area contributed by atoms with Gasteiger partial charge in [-0.15, -0.1) is 11.3 Å². The van der Waals surface area contributed by atoms with Crippen LogP contribution < -0.4 is 5.32 Å². The van der Waals surface area contributed by atoms with E-state index in [1.54, 1.807) is 12.4 Å². The van der Waals surface area contributed by atoms with Crippen LogP contribution >= 0.6 is 11.3 Å². The normalized spacial score (nSPS) is 20.7. The van der Waals surface area contributed by atoms with Gasteiger partial charge in [-0.05, 0) is 37.5 Å². The summed E-state index contributed by atoms with van der Waals surface area (Å²) in [4.78, 5) is 18.4. The summed E-state index contributed by atoms with van der Waals surface area (Å²) in [5.74, 6) is -0.00205. The van der Waals surface area contributed by atoms with Gasteiger partial charge in [-0.25, -0.2) is 4.98 Å². The first-order chi connectivity index (χ1) is 11.3. The van der Waals surface area contributed by atoms with Crippen LogP contribution in [0.3, 0.4) is 0 Å². The van der Waals surface area contributed by atoms with Gasteiger partial charge < -0.3 is 9.88 Å². The maximum Gasteiger partial charge on any atom is 0.261 e. The van der Waals surface area contributed by atoms with Crippen LogP contribution in [0.25, 0.3) is 10.6 Å². The Bertz CT molecular complexity index is 777. The molecule has 0 aliphatic heterocycles. The van der Waals surface area contributed by atoms with E-state index in [0.29, 0.717) is 6.04 Å². The third-order valence-corrected chi connectivity index (χ3v) is 5.42. The summed E-state index contributed by atoms with van der Waals surface area (Å²) in [6.45, 7) is 0. The molecule has 2 atom stereocenters. The standard InChI is InChI=1S/C16H17N5OS/c22-16(15-5-4-14(23-15)12-6-7-18-20-12)19-11-2-1-3-13(11)21-9-8-17-10-21/h4-11,13H,1-3H2,(H,18,20)(H,19,22)/t11-,13+/m1/s1. The number of nitrogens with zero attached hydrogens (tertiary/aromatic N) is 3. The second-order valence-electron chi connectivity index (χ2n) is 5.72. The summed E-state index contributed by atoms with van der Waals surface area (Å²) >= 11 is 1.48. The largest absolute Gasteiger partial charge is 0.347 e. The maximum absolute atomic E-state index is 12.5. The van der Waals surface area contributed by atoms with Crippen LogP contribution in [0.1, 0.15) is 35.0 Å². The molecule has 0 saturated heterocycles. The molecule has 0 spiro atoms. The van der Waals surface area contributed by atoms with E-state index in [9.17, 15) is 4.79 Å². The number of amides is 1. The highest BCUT2D eigenvalue weighted by Crippen LogP contribution is 2.31. The molecule has 23 heavy (non-hydrogen) atoms. The van der Waals surface area contributed by atoms with E-state index in [1.165, 1.54) is 11.3 Å². The summed E-state index contributed by atoms with van der Waals surface area (Å²) in [7, 11) is 0. The molecule has 0 radical (unpaired) electrons. The van der Waals surface area contributed by atoms with E-state index < -0.39 is 0 Å². The topological polar surface area (TPSA) is 75.6 Å². The Balaban J connectivity index is 1.47. The van der Waals surface area contributed by atoms with Crippen molar-refractivity contribution in [2.24, 2.45) is 0 Å². The van der Waals surface area contributed by atoms with Gasteiger partial charge in [0, 0.05) is 24.6 Å². The third kappa shape index (κ3) is 2.79. The number of aromatic nitrogens is 4. The first-order valence-electron chi connectivity index (χ1n) is 7.69. The van der Waals surface area contributed by atoms with Crippen molar-refractivity contribution in [3.63, 3.8) is 0 Å². The zero-order chi connectivity index (χ0) is 15.6. The third-order valence-electron chi connectivity index (χ3n) is 4.30. The molecule has 1 aliphatic rings. The van der Waals surface area contributed by atoms with Crippen LogP contribution in [0, 0.1) is 0 Å². The summed E-state index contributed by atoms with van der Waals surface area (Å²) in [5, 5.41) is 10.1. The van der Waals surface area contributed by atoms with Gasteiger partial charge >= 0.3 is 0 Å². The highest BCUT2D eigenvalue weighted by molar-refractivity contribution is 7.17. The van der Waals surface area contributed by atoms with Gasteiger partial charge in [-0.2, -0.15) is 5.10 Å². The average molecular weight is 327 g/mol. The van der Waals surface area contributed by atoms with Crippen LogP contribution in [-0.4, -0.2) is 31.7 Å². The quantitative estimate of drug-likeness (QED) is 0.773. The van der Waals surface area contributed by atoms with Crippen molar-refractivity contribution in [1.82, 2.24) is 25.1 Å². The SMILES string of the molecule is O=C(N[C@@H]1CCC[C@@H]1n1ccnc1)c1ccc(-c2ccn[nH]2)s1. The van der Waals surface area contributed by atoms with E-state index in [4.69, 9.17) is 0 Å². The minimum Gasteiger partial charge on any atom is -0.347 e. The van der Waals surface area contributed by atoms with Gasteiger partial charge in [0.1, 0.15) is 0 Å². The lowest BCUT2D eigenvalue weighted by Crippen LogP contribution is -2.37. The van der Waals surface area contributed by atoms with Crippen LogP contribution in [0.2, 0.25) is 0 Å². The minimum atomic E-state index is -0.00205. The lowest BCUT2D eigenvalue weighted by Gasteiger charge is -2.21. The van der Waals surface area contributed by atoms with Crippen molar-refractivity contribution in [3.8, 4) is 10.6 Å². The van der Waals surface area contributed by atoms with Gasteiger partial charge in [-0.1, -0.05) is 0 Å². The Hall–Kier alpha value is -2.41. The molecular formula is C16H17N5OS. The van der Waals surface area contributed by atoms with Crippen molar-refractivity contribution in [2.45, 2.75) is 31.3 Å². The number of nitrogens with one attached hydrogen (secondary N) is 2. The molecular weight excluding hydrogens is 310 g/mol. The van der Waals surface area contributed by atoms with Crippen LogP contribution in [-0.2, 0) is 0 Å². The highest BCUT2D eigenvalue weighted by atomic mass is 32.1. The average Bonchev–Trinajstić information content (AvgIpc) is 3.31. The number of rotatable bonds is 4.